The quantitative estimate of drug-likeness (QED) is 0.804. The summed E-state index contributed by atoms with van der Waals surface area (Å²) >= 11 is 0. The summed E-state index contributed by atoms with van der Waals surface area (Å²) in [4.78, 5) is 2.19. The predicted octanol–water partition coefficient (Wildman–Crippen LogP) is 4.04. The van der Waals surface area contributed by atoms with Gasteiger partial charge in [-0.25, -0.2) is 4.39 Å². The number of methoxy groups -OCH3 is 2. The van der Waals surface area contributed by atoms with Crippen molar-refractivity contribution in [1.29, 1.82) is 0 Å². The van der Waals surface area contributed by atoms with Crippen molar-refractivity contribution in [3.63, 3.8) is 0 Å². The molecule has 0 aliphatic heterocycles. The molecule has 0 bridgehead atoms. The highest BCUT2D eigenvalue weighted by Crippen LogP contribution is 2.32. The Labute approximate surface area is 131 Å². The summed E-state index contributed by atoms with van der Waals surface area (Å²) in [5.74, 6) is 1.26. The molecule has 2 rings (SSSR count). The van der Waals surface area contributed by atoms with Crippen LogP contribution in [-0.4, -0.2) is 26.2 Å². The maximum atomic E-state index is 13.0. The first-order chi connectivity index (χ1) is 10.6. The molecule has 0 N–H and O–H groups in total. The van der Waals surface area contributed by atoms with E-state index >= 15 is 0 Å². The Bertz CT molecular complexity index is 613. The van der Waals surface area contributed by atoms with Crippen molar-refractivity contribution < 1.29 is 13.9 Å². The maximum absolute atomic E-state index is 13.0. The second-order valence-electron chi connectivity index (χ2n) is 5.30. The van der Waals surface area contributed by atoms with Gasteiger partial charge >= 0.3 is 0 Å². The van der Waals surface area contributed by atoms with Crippen molar-refractivity contribution in [3.05, 3.63) is 59.4 Å². The largest absolute Gasteiger partial charge is 0.493 e. The normalized spacial score (nSPS) is 12.3. The molecule has 0 radical (unpaired) electrons. The summed E-state index contributed by atoms with van der Waals surface area (Å²) in [5, 5.41) is 0. The van der Waals surface area contributed by atoms with Crippen molar-refractivity contribution >= 4 is 0 Å². The molecular formula is C18H22FNO2. The van der Waals surface area contributed by atoms with E-state index in [9.17, 15) is 4.39 Å². The van der Waals surface area contributed by atoms with Crippen LogP contribution < -0.4 is 9.47 Å². The Morgan fingerprint density at radius 2 is 1.73 bits per heavy atom. The van der Waals surface area contributed by atoms with E-state index in [0.29, 0.717) is 6.54 Å². The van der Waals surface area contributed by atoms with Crippen LogP contribution in [0, 0.1) is 5.82 Å². The van der Waals surface area contributed by atoms with Gasteiger partial charge in [0.05, 0.1) is 14.2 Å². The Morgan fingerprint density at radius 1 is 1.05 bits per heavy atom. The van der Waals surface area contributed by atoms with Crippen LogP contribution in [0.3, 0.4) is 0 Å². The van der Waals surface area contributed by atoms with Crippen molar-refractivity contribution in [2.75, 3.05) is 21.3 Å². The van der Waals surface area contributed by atoms with Gasteiger partial charge in [0.1, 0.15) is 5.82 Å². The molecule has 0 aromatic heterocycles. The van der Waals surface area contributed by atoms with Gasteiger partial charge in [0, 0.05) is 18.2 Å². The lowest BCUT2D eigenvalue weighted by Gasteiger charge is -2.26. The SMILES string of the molecule is COc1cccc(CN(C)[C@@H](C)c2ccc(F)cc2)c1OC. The van der Waals surface area contributed by atoms with Gasteiger partial charge in [0.2, 0.25) is 0 Å². The van der Waals surface area contributed by atoms with Gasteiger partial charge < -0.3 is 9.47 Å². The molecule has 2 aromatic rings. The molecule has 22 heavy (non-hydrogen) atoms. The second kappa shape index (κ2) is 7.27. The standard InChI is InChI=1S/C18H22FNO2/c1-13(14-8-10-16(19)11-9-14)20(2)12-15-6-5-7-17(21-3)18(15)22-4/h5-11,13H,12H2,1-4H3/t13-/m0/s1. The molecule has 0 aliphatic rings. The number of para-hydroxylation sites is 1. The Hall–Kier alpha value is -2.07. The molecule has 4 heteroatoms. The minimum atomic E-state index is -0.215. The molecule has 0 saturated carbocycles. The zero-order valence-corrected chi connectivity index (χ0v) is 13.5. The number of ether oxygens (including phenoxy) is 2. The van der Waals surface area contributed by atoms with Gasteiger partial charge in [-0.15, -0.1) is 0 Å². The molecule has 0 unspecified atom stereocenters. The van der Waals surface area contributed by atoms with Crippen LogP contribution in [0.4, 0.5) is 4.39 Å². The van der Waals surface area contributed by atoms with Crippen LogP contribution in [0.2, 0.25) is 0 Å². The van der Waals surface area contributed by atoms with Crippen LogP contribution in [0.1, 0.15) is 24.1 Å². The number of benzene rings is 2. The van der Waals surface area contributed by atoms with E-state index < -0.39 is 0 Å². The molecular weight excluding hydrogens is 281 g/mol. The highest BCUT2D eigenvalue weighted by molar-refractivity contribution is 5.46. The molecule has 1 atom stereocenters. The molecule has 3 nitrogen and oxygen atoms in total. The lowest BCUT2D eigenvalue weighted by Crippen LogP contribution is -2.22. The van der Waals surface area contributed by atoms with Gasteiger partial charge in [-0.05, 0) is 37.7 Å². The Morgan fingerprint density at radius 3 is 2.32 bits per heavy atom. The lowest BCUT2D eigenvalue weighted by molar-refractivity contribution is 0.247. The fourth-order valence-electron chi connectivity index (χ4n) is 2.48. The minimum absolute atomic E-state index is 0.163. The molecule has 0 spiro atoms. The van der Waals surface area contributed by atoms with Gasteiger partial charge in [-0.1, -0.05) is 24.3 Å². The topological polar surface area (TPSA) is 21.7 Å². The summed E-state index contributed by atoms with van der Waals surface area (Å²) in [6.07, 6.45) is 0. The van der Waals surface area contributed by atoms with Gasteiger partial charge in [0.15, 0.2) is 11.5 Å². The summed E-state index contributed by atoms with van der Waals surface area (Å²) in [6, 6.07) is 12.6. The smallest absolute Gasteiger partial charge is 0.165 e. The minimum Gasteiger partial charge on any atom is -0.493 e. The molecule has 2 aromatic carbocycles. The van der Waals surface area contributed by atoms with E-state index in [-0.39, 0.29) is 11.9 Å². The van der Waals surface area contributed by atoms with E-state index in [1.54, 1.807) is 14.2 Å². The van der Waals surface area contributed by atoms with Crippen molar-refractivity contribution in [1.82, 2.24) is 4.90 Å². The van der Waals surface area contributed by atoms with Crippen LogP contribution in [-0.2, 0) is 6.54 Å². The highest BCUT2D eigenvalue weighted by atomic mass is 19.1. The van der Waals surface area contributed by atoms with Gasteiger partial charge in [-0.3, -0.25) is 4.90 Å². The monoisotopic (exact) mass is 303 g/mol. The summed E-state index contributed by atoms with van der Waals surface area (Å²) < 4.78 is 23.8. The summed E-state index contributed by atoms with van der Waals surface area (Å²) in [5.41, 5.74) is 2.13. The number of nitrogens with zero attached hydrogens (tertiary/aromatic N) is 1. The van der Waals surface area contributed by atoms with Crippen molar-refractivity contribution in [2.24, 2.45) is 0 Å². The van der Waals surface area contributed by atoms with Crippen LogP contribution in [0.15, 0.2) is 42.5 Å². The second-order valence-corrected chi connectivity index (χ2v) is 5.30. The number of rotatable bonds is 6. The Balaban J connectivity index is 2.18. The molecule has 0 fully saturated rings. The number of hydrogen-bond acceptors (Lipinski definition) is 3. The average Bonchev–Trinajstić information content (AvgIpc) is 2.54. The van der Waals surface area contributed by atoms with Crippen LogP contribution in [0.25, 0.3) is 0 Å². The fourth-order valence-corrected chi connectivity index (χ4v) is 2.48. The summed E-state index contributed by atoms with van der Waals surface area (Å²) in [6.45, 7) is 2.80. The molecule has 118 valence electrons. The number of hydrogen-bond donors (Lipinski definition) is 0. The zero-order valence-electron chi connectivity index (χ0n) is 13.5. The van der Waals surface area contributed by atoms with E-state index in [1.165, 1.54) is 12.1 Å². The van der Waals surface area contributed by atoms with Crippen LogP contribution in [0.5, 0.6) is 11.5 Å². The van der Waals surface area contributed by atoms with E-state index in [1.807, 2.05) is 37.4 Å². The lowest BCUT2D eigenvalue weighted by atomic mass is 10.1. The Kier molecular flexibility index (Phi) is 5.39. The van der Waals surface area contributed by atoms with E-state index in [2.05, 4.69) is 11.8 Å². The average molecular weight is 303 g/mol. The van der Waals surface area contributed by atoms with E-state index in [4.69, 9.17) is 9.47 Å². The first kappa shape index (κ1) is 16.3. The van der Waals surface area contributed by atoms with Crippen LogP contribution >= 0.6 is 0 Å². The first-order valence-corrected chi connectivity index (χ1v) is 7.22. The van der Waals surface area contributed by atoms with Crippen molar-refractivity contribution in [2.45, 2.75) is 19.5 Å². The molecule has 0 saturated heterocycles. The first-order valence-electron chi connectivity index (χ1n) is 7.22. The third kappa shape index (κ3) is 3.57. The van der Waals surface area contributed by atoms with Crippen molar-refractivity contribution in [3.8, 4) is 11.5 Å². The predicted molar refractivity (Wildman–Crippen MR) is 85.8 cm³/mol. The molecule has 0 amide bonds. The third-order valence-electron chi connectivity index (χ3n) is 3.92. The van der Waals surface area contributed by atoms with Gasteiger partial charge in [-0.2, -0.15) is 0 Å². The maximum Gasteiger partial charge on any atom is 0.165 e. The fraction of sp³-hybridized carbons (Fsp3) is 0.333. The highest BCUT2D eigenvalue weighted by Gasteiger charge is 2.16. The third-order valence-corrected chi connectivity index (χ3v) is 3.92. The summed E-state index contributed by atoms with van der Waals surface area (Å²) in [7, 11) is 5.31. The van der Waals surface area contributed by atoms with Gasteiger partial charge in [0.25, 0.3) is 0 Å². The number of halogens is 1. The zero-order chi connectivity index (χ0) is 16.1. The molecule has 0 aliphatic carbocycles. The molecule has 0 heterocycles. The van der Waals surface area contributed by atoms with E-state index in [0.717, 1.165) is 22.6 Å².